The SMILES string of the molecule is CC(=O)N1C=Cc2ccccc2[C@H]1CC(=O)N1CCOC[C@H]1C(=O)O. The average Bonchev–Trinajstić information content (AvgIpc) is 2.61. The highest BCUT2D eigenvalue weighted by atomic mass is 16.5. The summed E-state index contributed by atoms with van der Waals surface area (Å²) in [4.78, 5) is 39.0. The van der Waals surface area contributed by atoms with Crippen LogP contribution in [-0.2, 0) is 19.1 Å². The monoisotopic (exact) mass is 344 g/mol. The summed E-state index contributed by atoms with van der Waals surface area (Å²) in [6, 6.07) is 6.15. The number of rotatable bonds is 3. The molecule has 2 amide bonds. The number of fused-ring (bicyclic) bond motifs is 1. The van der Waals surface area contributed by atoms with Gasteiger partial charge in [-0.1, -0.05) is 24.3 Å². The maximum Gasteiger partial charge on any atom is 0.328 e. The number of carbonyl (C=O) groups excluding carboxylic acids is 2. The molecule has 1 fully saturated rings. The normalized spacial score (nSPS) is 22.4. The minimum atomic E-state index is -1.08. The lowest BCUT2D eigenvalue weighted by Gasteiger charge is -2.37. The Morgan fingerprint density at radius 1 is 1.28 bits per heavy atom. The van der Waals surface area contributed by atoms with Crippen molar-refractivity contribution in [3.63, 3.8) is 0 Å². The van der Waals surface area contributed by atoms with E-state index in [0.717, 1.165) is 11.1 Å². The van der Waals surface area contributed by atoms with Crippen LogP contribution in [0.15, 0.2) is 30.5 Å². The first kappa shape index (κ1) is 17.2. The predicted molar refractivity (Wildman–Crippen MR) is 89.3 cm³/mol. The molecule has 3 rings (SSSR count). The third-order valence-electron chi connectivity index (χ3n) is 4.57. The molecule has 0 saturated carbocycles. The molecule has 0 spiro atoms. The van der Waals surface area contributed by atoms with E-state index < -0.39 is 18.1 Å². The molecule has 0 aliphatic carbocycles. The first-order chi connectivity index (χ1) is 12.0. The second-order valence-electron chi connectivity index (χ2n) is 6.11. The minimum absolute atomic E-state index is 0.0152. The van der Waals surface area contributed by atoms with Crippen molar-refractivity contribution in [2.75, 3.05) is 19.8 Å². The number of carbonyl (C=O) groups is 3. The Morgan fingerprint density at radius 2 is 2.04 bits per heavy atom. The van der Waals surface area contributed by atoms with Gasteiger partial charge in [0.15, 0.2) is 6.04 Å². The Hall–Kier alpha value is -2.67. The number of ether oxygens (including phenoxy) is 1. The van der Waals surface area contributed by atoms with Gasteiger partial charge in [0.05, 0.1) is 25.7 Å². The predicted octanol–water partition coefficient (Wildman–Crippen LogP) is 1.26. The lowest BCUT2D eigenvalue weighted by Crippen LogP contribution is -2.53. The minimum Gasteiger partial charge on any atom is -0.480 e. The summed E-state index contributed by atoms with van der Waals surface area (Å²) in [5.74, 6) is -1.54. The Kier molecular flexibility index (Phi) is 4.85. The van der Waals surface area contributed by atoms with E-state index in [0.29, 0.717) is 6.61 Å². The van der Waals surface area contributed by atoms with Gasteiger partial charge in [0.2, 0.25) is 11.8 Å². The highest BCUT2D eigenvalue weighted by Gasteiger charge is 2.36. The number of benzene rings is 1. The van der Waals surface area contributed by atoms with Crippen molar-refractivity contribution in [3.05, 3.63) is 41.6 Å². The highest BCUT2D eigenvalue weighted by Crippen LogP contribution is 2.33. The Bertz CT molecular complexity index is 730. The highest BCUT2D eigenvalue weighted by molar-refractivity contribution is 5.86. The van der Waals surface area contributed by atoms with E-state index in [-0.39, 0.29) is 31.4 Å². The summed E-state index contributed by atoms with van der Waals surface area (Å²) in [6.07, 6.45) is 3.55. The maximum absolute atomic E-state index is 12.8. The van der Waals surface area contributed by atoms with Crippen LogP contribution in [0, 0.1) is 0 Å². The quantitative estimate of drug-likeness (QED) is 0.892. The van der Waals surface area contributed by atoms with Crippen LogP contribution in [0.3, 0.4) is 0 Å². The molecule has 1 aromatic carbocycles. The van der Waals surface area contributed by atoms with Crippen LogP contribution >= 0.6 is 0 Å². The number of morpholine rings is 1. The molecule has 132 valence electrons. The topological polar surface area (TPSA) is 87.2 Å². The number of hydrogen-bond acceptors (Lipinski definition) is 4. The molecule has 7 nitrogen and oxygen atoms in total. The zero-order valence-corrected chi connectivity index (χ0v) is 13.9. The van der Waals surface area contributed by atoms with E-state index in [1.807, 2.05) is 30.3 Å². The molecule has 0 bridgehead atoms. The van der Waals surface area contributed by atoms with E-state index in [1.165, 1.54) is 16.7 Å². The maximum atomic E-state index is 12.8. The molecule has 25 heavy (non-hydrogen) atoms. The van der Waals surface area contributed by atoms with Gasteiger partial charge < -0.3 is 19.6 Å². The van der Waals surface area contributed by atoms with Crippen LogP contribution in [0.5, 0.6) is 0 Å². The number of aliphatic carboxylic acids is 1. The average molecular weight is 344 g/mol. The van der Waals surface area contributed by atoms with Crippen molar-refractivity contribution >= 4 is 23.9 Å². The molecule has 0 radical (unpaired) electrons. The summed E-state index contributed by atoms with van der Waals surface area (Å²) >= 11 is 0. The number of carboxylic acid groups (broad SMARTS) is 1. The molecule has 1 aromatic rings. The molecule has 2 aliphatic rings. The number of carboxylic acids is 1. The summed E-state index contributed by atoms with van der Waals surface area (Å²) in [7, 11) is 0. The lowest BCUT2D eigenvalue weighted by molar-refractivity contribution is -0.159. The summed E-state index contributed by atoms with van der Waals surface area (Å²) in [6.45, 7) is 1.98. The van der Waals surface area contributed by atoms with Crippen molar-refractivity contribution in [2.24, 2.45) is 0 Å². The first-order valence-electron chi connectivity index (χ1n) is 8.15. The zero-order valence-electron chi connectivity index (χ0n) is 13.9. The lowest BCUT2D eigenvalue weighted by atomic mass is 9.93. The van der Waals surface area contributed by atoms with Gasteiger partial charge >= 0.3 is 5.97 Å². The molecule has 1 N–H and O–H groups in total. The molecule has 7 heteroatoms. The smallest absolute Gasteiger partial charge is 0.328 e. The van der Waals surface area contributed by atoms with Gasteiger partial charge in [0, 0.05) is 19.7 Å². The van der Waals surface area contributed by atoms with Crippen LogP contribution in [0.25, 0.3) is 6.08 Å². The third kappa shape index (κ3) is 3.41. The zero-order chi connectivity index (χ0) is 18.0. The van der Waals surface area contributed by atoms with E-state index in [1.54, 1.807) is 6.20 Å². The molecule has 2 aliphatic heterocycles. The molecular formula is C18H20N2O5. The van der Waals surface area contributed by atoms with Gasteiger partial charge in [-0.3, -0.25) is 9.59 Å². The van der Waals surface area contributed by atoms with Crippen molar-refractivity contribution in [2.45, 2.75) is 25.4 Å². The van der Waals surface area contributed by atoms with Gasteiger partial charge in [0.25, 0.3) is 0 Å². The standard InChI is InChI=1S/C18H20N2O5/c1-12(21)19-7-6-13-4-2-3-5-14(13)15(19)10-17(22)20-8-9-25-11-16(20)18(23)24/h2-7,15-16H,8-11H2,1H3,(H,23,24)/t15-,16+/m1/s1. The van der Waals surface area contributed by atoms with Crippen LogP contribution in [-0.4, -0.2) is 58.5 Å². The fourth-order valence-electron chi connectivity index (χ4n) is 3.30. The van der Waals surface area contributed by atoms with Gasteiger partial charge in [-0.15, -0.1) is 0 Å². The van der Waals surface area contributed by atoms with E-state index >= 15 is 0 Å². The van der Waals surface area contributed by atoms with E-state index in [4.69, 9.17) is 4.74 Å². The summed E-state index contributed by atoms with van der Waals surface area (Å²) in [5, 5.41) is 9.31. The van der Waals surface area contributed by atoms with Crippen molar-refractivity contribution in [3.8, 4) is 0 Å². The van der Waals surface area contributed by atoms with Gasteiger partial charge in [-0.25, -0.2) is 4.79 Å². The van der Waals surface area contributed by atoms with Crippen LogP contribution < -0.4 is 0 Å². The molecule has 0 unspecified atom stereocenters. The Balaban J connectivity index is 1.86. The van der Waals surface area contributed by atoms with Crippen molar-refractivity contribution in [1.82, 2.24) is 9.80 Å². The third-order valence-corrected chi connectivity index (χ3v) is 4.57. The van der Waals surface area contributed by atoms with Crippen LogP contribution in [0.2, 0.25) is 0 Å². The Morgan fingerprint density at radius 3 is 2.76 bits per heavy atom. The summed E-state index contributed by atoms with van der Waals surface area (Å²) < 4.78 is 5.18. The second kappa shape index (κ2) is 7.06. The molecule has 2 atom stereocenters. The van der Waals surface area contributed by atoms with Crippen LogP contribution in [0.1, 0.15) is 30.5 Å². The summed E-state index contributed by atoms with van der Waals surface area (Å²) in [5.41, 5.74) is 1.84. The van der Waals surface area contributed by atoms with Crippen LogP contribution in [0.4, 0.5) is 0 Å². The number of amides is 2. The van der Waals surface area contributed by atoms with Gasteiger partial charge in [-0.05, 0) is 17.2 Å². The molecule has 1 saturated heterocycles. The molecule has 2 heterocycles. The largest absolute Gasteiger partial charge is 0.480 e. The fourth-order valence-corrected chi connectivity index (χ4v) is 3.30. The van der Waals surface area contributed by atoms with Crippen molar-refractivity contribution in [1.29, 1.82) is 0 Å². The van der Waals surface area contributed by atoms with E-state index in [9.17, 15) is 19.5 Å². The number of nitrogens with zero attached hydrogens (tertiary/aromatic N) is 2. The first-order valence-corrected chi connectivity index (χ1v) is 8.15. The molecule has 0 aromatic heterocycles. The fraction of sp³-hybridized carbons (Fsp3) is 0.389. The Labute approximate surface area is 145 Å². The van der Waals surface area contributed by atoms with E-state index in [2.05, 4.69) is 0 Å². The molecular weight excluding hydrogens is 324 g/mol. The van der Waals surface area contributed by atoms with Gasteiger partial charge in [-0.2, -0.15) is 0 Å². The second-order valence-corrected chi connectivity index (χ2v) is 6.11. The number of hydrogen-bond donors (Lipinski definition) is 1. The van der Waals surface area contributed by atoms with Gasteiger partial charge in [0.1, 0.15) is 0 Å². The van der Waals surface area contributed by atoms with Crippen molar-refractivity contribution < 1.29 is 24.2 Å².